The van der Waals surface area contributed by atoms with Gasteiger partial charge in [0.1, 0.15) is 0 Å². The number of β-amino-alcohol motifs (C(OH)–C–C–N with tert-alkyl or cyclic N) is 1. The van der Waals surface area contributed by atoms with Gasteiger partial charge >= 0.3 is 0 Å². The molecule has 4 rings (SSSR count). The van der Waals surface area contributed by atoms with Gasteiger partial charge in [-0.1, -0.05) is 54.6 Å². The van der Waals surface area contributed by atoms with E-state index < -0.39 is 16.1 Å². The number of piperazine rings is 1. The van der Waals surface area contributed by atoms with Gasteiger partial charge in [-0.3, -0.25) is 4.90 Å². The first-order chi connectivity index (χ1) is 15.5. The summed E-state index contributed by atoms with van der Waals surface area (Å²) in [6.45, 7) is 2.82. The maximum atomic E-state index is 12.6. The molecule has 172 valence electrons. The van der Waals surface area contributed by atoms with Crippen molar-refractivity contribution >= 4 is 16.1 Å². The molecule has 1 aliphatic heterocycles. The van der Waals surface area contributed by atoms with Crippen molar-refractivity contribution in [2.24, 2.45) is 0 Å². The highest BCUT2D eigenvalue weighted by Crippen LogP contribution is 2.32. The van der Waals surface area contributed by atoms with Crippen LogP contribution in [0.25, 0.3) is 6.08 Å². The lowest BCUT2D eigenvalue weighted by molar-refractivity contribution is -0.0304. The van der Waals surface area contributed by atoms with E-state index in [-0.39, 0.29) is 12.7 Å². The van der Waals surface area contributed by atoms with Crippen molar-refractivity contribution < 1.29 is 18.3 Å². The summed E-state index contributed by atoms with van der Waals surface area (Å²) >= 11 is 0. The number of benzene rings is 2. The Morgan fingerprint density at radius 2 is 1.75 bits per heavy atom. The second-order valence-electron chi connectivity index (χ2n) is 8.52. The van der Waals surface area contributed by atoms with Gasteiger partial charge in [-0.25, -0.2) is 8.42 Å². The lowest BCUT2D eigenvalue weighted by atomic mass is 9.89. The number of ether oxygens (including phenoxy) is 1. The maximum absolute atomic E-state index is 12.6. The molecule has 0 bridgehead atoms. The van der Waals surface area contributed by atoms with Gasteiger partial charge in [0.25, 0.3) is 0 Å². The molecule has 2 aliphatic rings. The lowest BCUT2D eigenvalue weighted by Gasteiger charge is -2.34. The van der Waals surface area contributed by atoms with Crippen molar-refractivity contribution in [1.29, 1.82) is 0 Å². The maximum Gasteiger partial charge on any atom is 0.236 e. The van der Waals surface area contributed by atoms with Crippen molar-refractivity contribution in [2.75, 3.05) is 39.3 Å². The average molecular weight is 457 g/mol. The standard InChI is InChI=1S/C25H32N2O4S/c28-23(20-31-25-12-6-10-22-9-4-5-11-24(22)25)19-26-14-16-27(17-15-26)32(29,30)18-13-21-7-2-1-3-8-21/h1-5,7-9,11,13,18,23,25,28H,6,10,12,14-17,19-20H2. The molecule has 0 radical (unpaired) electrons. The number of aryl methyl sites for hydroxylation is 1. The van der Waals surface area contributed by atoms with Gasteiger partial charge in [-0.05, 0) is 42.0 Å². The van der Waals surface area contributed by atoms with Crippen molar-refractivity contribution in [3.8, 4) is 0 Å². The summed E-state index contributed by atoms with van der Waals surface area (Å²) in [6, 6.07) is 17.8. The first kappa shape index (κ1) is 23.1. The quantitative estimate of drug-likeness (QED) is 0.661. The van der Waals surface area contributed by atoms with Gasteiger partial charge in [0, 0.05) is 38.1 Å². The van der Waals surface area contributed by atoms with Gasteiger partial charge < -0.3 is 9.84 Å². The highest BCUT2D eigenvalue weighted by molar-refractivity contribution is 7.92. The van der Waals surface area contributed by atoms with Crippen LogP contribution in [-0.4, -0.2) is 68.2 Å². The fourth-order valence-electron chi connectivity index (χ4n) is 4.44. The van der Waals surface area contributed by atoms with Crippen LogP contribution in [0.3, 0.4) is 0 Å². The van der Waals surface area contributed by atoms with E-state index in [9.17, 15) is 13.5 Å². The molecule has 2 aromatic carbocycles. The third-order valence-corrected chi connectivity index (χ3v) is 7.76. The zero-order valence-corrected chi connectivity index (χ0v) is 19.2. The third kappa shape index (κ3) is 6.05. The van der Waals surface area contributed by atoms with Gasteiger partial charge in [-0.2, -0.15) is 4.31 Å². The Hall–Kier alpha value is -2.03. The van der Waals surface area contributed by atoms with Gasteiger partial charge in [0.15, 0.2) is 0 Å². The molecule has 7 heteroatoms. The average Bonchev–Trinajstić information content (AvgIpc) is 2.82. The largest absolute Gasteiger partial charge is 0.389 e. The smallest absolute Gasteiger partial charge is 0.236 e. The molecule has 6 nitrogen and oxygen atoms in total. The molecular weight excluding hydrogens is 424 g/mol. The van der Waals surface area contributed by atoms with Crippen molar-refractivity contribution in [1.82, 2.24) is 9.21 Å². The van der Waals surface area contributed by atoms with E-state index in [2.05, 4.69) is 23.1 Å². The number of nitrogens with zero attached hydrogens (tertiary/aromatic N) is 2. The Balaban J connectivity index is 1.22. The fourth-order valence-corrected chi connectivity index (χ4v) is 5.62. The van der Waals surface area contributed by atoms with Gasteiger partial charge in [-0.15, -0.1) is 0 Å². The summed E-state index contributed by atoms with van der Waals surface area (Å²) in [6.07, 6.45) is 4.26. The summed E-state index contributed by atoms with van der Waals surface area (Å²) < 4.78 is 32.8. The molecule has 32 heavy (non-hydrogen) atoms. The van der Waals surface area contributed by atoms with E-state index in [1.54, 1.807) is 6.08 Å². The van der Waals surface area contributed by atoms with E-state index >= 15 is 0 Å². The van der Waals surface area contributed by atoms with Crippen molar-refractivity contribution in [2.45, 2.75) is 31.5 Å². The Morgan fingerprint density at radius 1 is 1.03 bits per heavy atom. The minimum Gasteiger partial charge on any atom is -0.389 e. The van der Waals surface area contributed by atoms with Gasteiger partial charge in [0.2, 0.25) is 10.0 Å². The molecule has 2 aromatic rings. The summed E-state index contributed by atoms with van der Waals surface area (Å²) in [5, 5.41) is 11.8. The van der Waals surface area contributed by atoms with E-state index in [0.717, 1.165) is 24.8 Å². The molecule has 1 N–H and O–H groups in total. The number of aliphatic hydroxyl groups is 1. The van der Waals surface area contributed by atoms with Crippen LogP contribution in [-0.2, 0) is 21.2 Å². The lowest BCUT2D eigenvalue weighted by Crippen LogP contribution is -2.50. The Labute approximate surface area is 191 Å². The van der Waals surface area contributed by atoms with Crippen LogP contribution < -0.4 is 0 Å². The predicted octanol–water partition coefficient (Wildman–Crippen LogP) is 3.06. The van der Waals surface area contributed by atoms with Crippen LogP contribution in [0.15, 0.2) is 60.0 Å². The van der Waals surface area contributed by atoms with E-state index in [1.807, 2.05) is 36.4 Å². The second-order valence-corrected chi connectivity index (χ2v) is 10.3. The number of aliphatic hydroxyl groups excluding tert-OH is 1. The van der Waals surface area contributed by atoms with Crippen LogP contribution in [0.1, 0.15) is 35.6 Å². The molecule has 1 saturated heterocycles. The highest BCUT2D eigenvalue weighted by atomic mass is 32.2. The Morgan fingerprint density at radius 3 is 2.53 bits per heavy atom. The first-order valence-electron chi connectivity index (χ1n) is 11.3. The van der Waals surface area contributed by atoms with E-state index in [1.165, 1.54) is 20.8 Å². The third-order valence-electron chi connectivity index (χ3n) is 6.20. The second kappa shape index (κ2) is 10.7. The molecule has 0 aromatic heterocycles. The summed E-state index contributed by atoms with van der Waals surface area (Å²) in [5.41, 5.74) is 3.45. The van der Waals surface area contributed by atoms with E-state index in [4.69, 9.17) is 4.74 Å². The van der Waals surface area contributed by atoms with Crippen molar-refractivity contribution in [3.05, 3.63) is 76.7 Å². The zero-order chi connectivity index (χ0) is 22.4. The Kier molecular flexibility index (Phi) is 7.75. The minimum absolute atomic E-state index is 0.0491. The normalized spacial score (nSPS) is 21.5. The number of hydrogen-bond donors (Lipinski definition) is 1. The SMILES string of the molecule is O=S(=O)(C=Cc1ccccc1)N1CCN(CC(O)COC2CCCc3ccccc32)CC1. The molecule has 1 fully saturated rings. The molecule has 0 spiro atoms. The molecule has 2 atom stereocenters. The topological polar surface area (TPSA) is 70.1 Å². The minimum atomic E-state index is -3.45. The summed E-state index contributed by atoms with van der Waals surface area (Å²) in [7, 11) is -3.45. The van der Waals surface area contributed by atoms with E-state index in [0.29, 0.717) is 32.7 Å². The monoisotopic (exact) mass is 456 g/mol. The predicted molar refractivity (Wildman–Crippen MR) is 126 cm³/mol. The van der Waals surface area contributed by atoms with Crippen LogP contribution >= 0.6 is 0 Å². The van der Waals surface area contributed by atoms with Gasteiger partial charge in [0.05, 0.1) is 18.8 Å². The number of rotatable bonds is 8. The van der Waals surface area contributed by atoms with Crippen LogP contribution in [0.4, 0.5) is 0 Å². The van der Waals surface area contributed by atoms with Crippen molar-refractivity contribution in [3.63, 3.8) is 0 Å². The van der Waals surface area contributed by atoms with Crippen LogP contribution in [0.5, 0.6) is 0 Å². The van der Waals surface area contributed by atoms with Crippen LogP contribution in [0.2, 0.25) is 0 Å². The fraction of sp³-hybridized carbons (Fsp3) is 0.440. The first-order valence-corrected chi connectivity index (χ1v) is 12.8. The molecule has 1 aliphatic carbocycles. The Bertz CT molecular complexity index is 1000. The molecule has 0 saturated carbocycles. The number of sulfonamides is 1. The highest BCUT2D eigenvalue weighted by Gasteiger charge is 2.27. The molecule has 0 amide bonds. The molecule has 2 unspecified atom stereocenters. The number of fused-ring (bicyclic) bond motifs is 1. The molecule has 1 heterocycles. The summed E-state index contributed by atoms with van der Waals surface area (Å²) in [5.74, 6) is 0. The zero-order valence-electron chi connectivity index (χ0n) is 18.3. The molecular formula is C25H32N2O4S. The van der Waals surface area contributed by atoms with Crippen LogP contribution in [0, 0.1) is 0 Å². The number of hydrogen-bond acceptors (Lipinski definition) is 5. The summed E-state index contributed by atoms with van der Waals surface area (Å²) in [4.78, 5) is 2.11.